The molecule has 4 aromatic carbocycles. The molecule has 0 bridgehead atoms. The van der Waals surface area contributed by atoms with E-state index in [0.29, 0.717) is 44.1 Å². The van der Waals surface area contributed by atoms with E-state index in [1.165, 1.54) is 49.1 Å². The molecule has 10 rings (SSSR count). The van der Waals surface area contributed by atoms with Crippen LogP contribution in [0.2, 0.25) is 20.1 Å². The highest BCUT2D eigenvalue weighted by molar-refractivity contribution is 6.35. The molecule has 24 heteroatoms. The summed E-state index contributed by atoms with van der Waals surface area (Å²) >= 11 is 23.1. The van der Waals surface area contributed by atoms with Crippen LogP contribution in [-0.4, -0.2) is 61.6 Å². The van der Waals surface area contributed by atoms with E-state index in [9.17, 15) is 44.7 Å². The van der Waals surface area contributed by atoms with Crippen molar-refractivity contribution in [3.05, 3.63) is 175 Å². The number of nitrogens with zero attached hydrogens (tertiary/aromatic N) is 6. The Labute approximate surface area is 421 Å². The molecule has 1 fully saturated rings. The molecule has 5 heterocycles. The minimum atomic E-state index is -4.96. The molecular formula is C48H30Cl4F8N8O4. The third-order valence-corrected chi connectivity index (χ3v) is 13.1. The van der Waals surface area contributed by atoms with Gasteiger partial charge in [-0.15, -0.1) is 0 Å². The molecule has 3 aliphatic rings. The second kappa shape index (κ2) is 19.4. The molecule has 0 saturated heterocycles. The summed E-state index contributed by atoms with van der Waals surface area (Å²) in [5.74, 6) is -2.40. The molecule has 1 saturated carbocycles. The third kappa shape index (κ3) is 9.43. The number of hydrogen-bond donors (Lipinski definition) is 2. The van der Waals surface area contributed by atoms with Crippen molar-refractivity contribution in [2.24, 2.45) is 10.3 Å². The fourth-order valence-corrected chi connectivity index (χ4v) is 9.09. The molecule has 1 aliphatic carbocycles. The number of hydrogen-bond acceptors (Lipinski definition) is 10. The molecule has 0 spiro atoms. The van der Waals surface area contributed by atoms with E-state index in [1.54, 1.807) is 30.6 Å². The molecule has 7 aromatic rings. The molecule has 0 unspecified atom stereocenters. The van der Waals surface area contributed by atoms with Crippen molar-refractivity contribution in [3.63, 3.8) is 0 Å². The van der Waals surface area contributed by atoms with Gasteiger partial charge in [-0.25, -0.2) is 18.7 Å². The van der Waals surface area contributed by atoms with Gasteiger partial charge in [0.1, 0.15) is 5.82 Å². The van der Waals surface area contributed by atoms with Gasteiger partial charge in [-0.2, -0.15) is 26.3 Å². The van der Waals surface area contributed by atoms with Crippen LogP contribution in [-0.2, 0) is 27.4 Å². The number of benzene rings is 4. The third-order valence-electron chi connectivity index (χ3n) is 12.0. The van der Waals surface area contributed by atoms with Crippen LogP contribution < -0.4 is 10.6 Å². The maximum atomic E-state index is 14.4. The SMILES string of the molecule is O=C(NC1CC1)c1ccc(C2=NO[C@@](c3cc(Cl)c(F)c(Cl)c3)(C(F)(F)F)C2)c2ccncc12.O=C(NCc1ncccn1)c1ccc(C2=NO[C@@](c3cc(Cl)c(F)c(Cl)c3)(C(F)(F)F)C2)c2ccncc12. The molecule has 3 aromatic heterocycles. The fraction of sp³-hybridized carbons (Fsp3) is 0.208. The number of pyridine rings is 2. The zero-order chi connectivity index (χ0) is 51.3. The van der Waals surface area contributed by atoms with Crippen LogP contribution in [0.3, 0.4) is 0 Å². The highest BCUT2D eigenvalue weighted by atomic mass is 35.5. The summed E-state index contributed by atoms with van der Waals surface area (Å²) in [5, 5.41) is 12.6. The summed E-state index contributed by atoms with van der Waals surface area (Å²) in [6.45, 7) is 0.0701. The molecule has 2 atom stereocenters. The number of carbonyl (C=O) groups excluding carboxylic acids is 2. The number of alkyl halides is 6. The lowest BCUT2D eigenvalue weighted by Crippen LogP contribution is -2.42. The second-order valence-electron chi connectivity index (χ2n) is 16.5. The minimum absolute atomic E-state index is 0.000698. The van der Waals surface area contributed by atoms with Crippen LogP contribution in [0.1, 0.15) is 74.5 Å². The normalized spacial score (nSPS) is 18.7. The molecule has 0 radical (unpaired) electrons. The Morgan fingerprint density at radius 3 is 1.46 bits per heavy atom. The number of halogens is 12. The first kappa shape index (κ1) is 50.2. The lowest BCUT2D eigenvalue weighted by Gasteiger charge is -2.29. The van der Waals surface area contributed by atoms with Gasteiger partial charge in [-0.3, -0.25) is 19.6 Å². The van der Waals surface area contributed by atoms with Crippen LogP contribution in [0.4, 0.5) is 35.1 Å². The summed E-state index contributed by atoms with van der Waals surface area (Å²) < 4.78 is 114. The minimum Gasteiger partial charge on any atom is -0.374 e. The van der Waals surface area contributed by atoms with Gasteiger partial charge in [-0.05, 0) is 78.2 Å². The number of carbonyl (C=O) groups is 2. The van der Waals surface area contributed by atoms with Gasteiger partial charge in [0.15, 0.2) is 11.6 Å². The Morgan fingerprint density at radius 1 is 0.611 bits per heavy atom. The van der Waals surface area contributed by atoms with Gasteiger partial charge in [0.2, 0.25) is 0 Å². The Kier molecular flexibility index (Phi) is 13.5. The van der Waals surface area contributed by atoms with E-state index in [-0.39, 0.29) is 35.5 Å². The molecule has 72 heavy (non-hydrogen) atoms. The van der Waals surface area contributed by atoms with Gasteiger partial charge in [0.05, 0.1) is 38.1 Å². The van der Waals surface area contributed by atoms with Crippen molar-refractivity contribution in [1.82, 2.24) is 30.6 Å². The first-order valence-electron chi connectivity index (χ1n) is 21.2. The van der Waals surface area contributed by atoms with Crippen molar-refractivity contribution in [1.29, 1.82) is 0 Å². The second-order valence-corrected chi connectivity index (χ2v) is 18.2. The van der Waals surface area contributed by atoms with Gasteiger partial charge >= 0.3 is 12.4 Å². The number of aromatic nitrogens is 4. The average Bonchev–Trinajstić information content (AvgIpc) is 3.83. The maximum Gasteiger partial charge on any atom is 0.435 e. The van der Waals surface area contributed by atoms with Crippen LogP contribution in [0.25, 0.3) is 21.5 Å². The van der Waals surface area contributed by atoms with Crippen molar-refractivity contribution in [3.8, 4) is 0 Å². The summed E-state index contributed by atoms with van der Waals surface area (Å²) in [5.41, 5.74) is -5.62. The van der Waals surface area contributed by atoms with Crippen molar-refractivity contribution < 1.29 is 54.4 Å². The fourth-order valence-electron chi connectivity index (χ4n) is 8.12. The Hall–Kier alpha value is -6.74. The van der Waals surface area contributed by atoms with Gasteiger partial charge in [0, 0.05) is 100 Å². The highest BCUT2D eigenvalue weighted by Crippen LogP contribution is 2.52. The summed E-state index contributed by atoms with van der Waals surface area (Å²) in [6, 6.07) is 14.2. The zero-order valence-electron chi connectivity index (χ0n) is 36.3. The van der Waals surface area contributed by atoms with E-state index < -0.39 is 85.2 Å². The lowest BCUT2D eigenvalue weighted by atomic mass is 9.85. The topological polar surface area (TPSA) is 153 Å². The van der Waals surface area contributed by atoms with Crippen LogP contribution in [0.15, 0.2) is 114 Å². The predicted molar refractivity (Wildman–Crippen MR) is 250 cm³/mol. The zero-order valence-corrected chi connectivity index (χ0v) is 39.3. The van der Waals surface area contributed by atoms with E-state index >= 15 is 0 Å². The van der Waals surface area contributed by atoms with E-state index in [2.05, 4.69) is 40.9 Å². The van der Waals surface area contributed by atoms with Crippen molar-refractivity contribution >= 4 is 91.2 Å². The predicted octanol–water partition coefficient (Wildman–Crippen LogP) is 12.1. The number of nitrogens with one attached hydrogen (secondary N) is 2. The molecular weight excluding hydrogens is 1050 g/mol. The van der Waals surface area contributed by atoms with Gasteiger partial charge in [-0.1, -0.05) is 68.8 Å². The average molecular weight is 1080 g/mol. The molecule has 12 nitrogen and oxygen atoms in total. The summed E-state index contributed by atoms with van der Waals surface area (Å²) in [6.07, 6.45) is -0.612. The van der Waals surface area contributed by atoms with Crippen LogP contribution in [0.5, 0.6) is 0 Å². The van der Waals surface area contributed by atoms with E-state index in [0.717, 1.165) is 37.1 Å². The van der Waals surface area contributed by atoms with Gasteiger partial charge in [0.25, 0.3) is 23.0 Å². The smallest absolute Gasteiger partial charge is 0.374 e. The molecule has 2 N–H and O–H groups in total. The standard InChI is InChI=1S/C25H15Cl2F4N5O2.C23H15Cl2F4N3O2/c26-18-8-13(9-19(27)22(18)28)24(25(29,30)31)10-20(36-38-24)15-2-3-16(17-11-32-7-4-14(15)17)23(37)35-12-21-33-5-1-6-34-21;24-17-7-11(8-18(25)20(17)26)22(23(27,28)29)9-19(32-34-22)14-3-4-15(21(33)31-12-1-2-12)16-10-30-6-5-13(14)16/h1-9,11H,10,12H2,(H,35,37);3-8,10,12H,1-2,9H2,(H,31,33)/t24-;22-/m00/s1. The largest absolute Gasteiger partial charge is 0.435 e. The first-order chi connectivity index (χ1) is 34.2. The van der Waals surface area contributed by atoms with E-state index in [1.807, 2.05) is 0 Å². The molecule has 2 aliphatic heterocycles. The number of fused-ring (bicyclic) bond motifs is 2. The Balaban J connectivity index is 0.000000179. The summed E-state index contributed by atoms with van der Waals surface area (Å²) in [7, 11) is 0. The number of amides is 2. The van der Waals surface area contributed by atoms with Crippen LogP contribution in [0, 0.1) is 11.6 Å². The Morgan fingerprint density at radius 2 is 1.04 bits per heavy atom. The van der Waals surface area contributed by atoms with E-state index in [4.69, 9.17) is 56.1 Å². The van der Waals surface area contributed by atoms with Gasteiger partial charge < -0.3 is 20.3 Å². The first-order valence-corrected chi connectivity index (χ1v) is 22.8. The molecule has 2 amide bonds. The number of rotatable bonds is 9. The highest BCUT2D eigenvalue weighted by Gasteiger charge is 2.64. The van der Waals surface area contributed by atoms with Crippen molar-refractivity contribution in [2.75, 3.05) is 0 Å². The monoisotopic (exact) mass is 1070 g/mol. The summed E-state index contributed by atoms with van der Waals surface area (Å²) in [4.78, 5) is 51.9. The Bertz CT molecular complexity index is 3340. The quantitative estimate of drug-likeness (QED) is 0.107. The van der Waals surface area contributed by atoms with Crippen LogP contribution >= 0.6 is 46.4 Å². The van der Waals surface area contributed by atoms with Crippen molar-refractivity contribution in [2.45, 2.75) is 61.8 Å². The maximum absolute atomic E-state index is 14.4. The molecule has 370 valence electrons. The lowest BCUT2D eigenvalue weighted by molar-refractivity contribution is -0.276. The number of oxime groups is 2.